The van der Waals surface area contributed by atoms with Gasteiger partial charge in [-0.15, -0.1) is 0 Å². The minimum atomic E-state index is -2.53. The molecule has 0 aromatic carbocycles. The Morgan fingerprint density at radius 1 is 1.67 bits per heavy atom. The Labute approximate surface area is 83.9 Å². The maximum absolute atomic E-state index is 11.8. The summed E-state index contributed by atoms with van der Waals surface area (Å²) in [5, 5.41) is 11.0. The van der Waals surface area contributed by atoms with Gasteiger partial charge in [0.15, 0.2) is 0 Å². The van der Waals surface area contributed by atoms with E-state index in [0.717, 1.165) is 12.3 Å². The average molecular weight is 217 g/mol. The van der Waals surface area contributed by atoms with Gasteiger partial charge in [0.05, 0.1) is 24.0 Å². The highest BCUT2D eigenvalue weighted by Crippen LogP contribution is 2.14. The smallest absolute Gasteiger partial charge is 0.337 e. The van der Waals surface area contributed by atoms with Crippen LogP contribution < -0.4 is 11.1 Å². The van der Waals surface area contributed by atoms with Crippen molar-refractivity contribution in [3.63, 3.8) is 0 Å². The lowest BCUT2D eigenvalue weighted by atomic mass is 10.2. The number of carboxylic acid groups (broad SMARTS) is 1. The molecule has 82 valence electrons. The predicted molar refractivity (Wildman–Crippen MR) is 50.1 cm³/mol. The Hall–Kier alpha value is -1.92. The molecule has 1 aromatic heterocycles. The lowest BCUT2D eigenvalue weighted by molar-refractivity contribution is 0.0698. The summed E-state index contributed by atoms with van der Waals surface area (Å²) in [6.45, 7) is -0.587. The van der Waals surface area contributed by atoms with E-state index in [1.54, 1.807) is 0 Å². The van der Waals surface area contributed by atoms with Crippen molar-refractivity contribution in [1.82, 2.24) is 4.98 Å². The van der Waals surface area contributed by atoms with Crippen LogP contribution in [0.1, 0.15) is 10.4 Å². The first-order chi connectivity index (χ1) is 7.00. The highest BCUT2D eigenvalue weighted by atomic mass is 19.3. The van der Waals surface area contributed by atoms with Crippen LogP contribution >= 0.6 is 0 Å². The van der Waals surface area contributed by atoms with Crippen LogP contribution in [0.4, 0.5) is 20.3 Å². The van der Waals surface area contributed by atoms with Gasteiger partial charge < -0.3 is 16.2 Å². The molecule has 0 aliphatic heterocycles. The predicted octanol–water partition coefficient (Wildman–Crippen LogP) is 1.04. The zero-order valence-corrected chi connectivity index (χ0v) is 7.58. The van der Waals surface area contributed by atoms with E-state index >= 15 is 0 Å². The highest BCUT2D eigenvalue weighted by Gasteiger charge is 2.10. The van der Waals surface area contributed by atoms with Crippen LogP contribution in [-0.4, -0.2) is 29.0 Å². The number of nitrogen functional groups attached to an aromatic ring is 1. The molecule has 1 aromatic rings. The zero-order valence-electron chi connectivity index (χ0n) is 7.58. The molecule has 15 heavy (non-hydrogen) atoms. The number of pyridine rings is 1. The summed E-state index contributed by atoms with van der Waals surface area (Å²) < 4.78 is 23.7. The number of nitrogens with one attached hydrogen (secondary N) is 1. The summed E-state index contributed by atoms with van der Waals surface area (Å²) in [4.78, 5) is 14.3. The summed E-state index contributed by atoms with van der Waals surface area (Å²) in [6, 6.07) is 1.11. The van der Waals surface area contributed by atoms with Gasteiger partial charge in [-0.3, -0.25) is 0 Å². The van der Waals surface area contributed by atoms with Gasteiger partial charge >= 0.3 is 5.97 Å². The van der Waals surface area contributed by atoms with Gasteiger partial charge in [0, 0.05) is 0 Å². The van der Waals surface area contributed by atoms with Gasteiger partial charge in [-0.1, -0.05) is 0 Å². The third-order valence-electron chi connectivity index (χ3n) is 1.60. The minimum Gasteiger partial charge on any atom is -0.478 e. The molecule has 0 aliphatic rings. The first-order valence-corrected chi connectivity index (χ1v) is 4.01. The van der Waals surface area contributed by atoms with Crippen LogP contribution in [0.3, 0.4) is 0 Å². The number of hydrogen-bond acceptors (Lipinski definition) is 4. The van der Waals surface area contributed by atoms with Gasteiger partial charge in [0.1, 0.15) is 5.82 Å². The number of nitrogens with two attached hydrogens (primary N) is 1. The number of carbonyl (C=O) groups is 1. The third-order valence-corrected chi connectivity index (χ3v) is 1.60. The normalized spacial score (nSPS) is 10.3. The highest BCUT2D eigenvalue weighted by molar-refractivity contribution is 5.94. The second-order valence-corrected chi connectivity index (χ2v) is 2.73. The van der Waals surface area contributed by atoms with Gasteiger partial charge in [-0.2, -0.15) is 0 Å². The fourth-order valence-electron chi connectivity index (χ4n) is 0.930. The molecule has 0 saturated carbocycles. The lowest BCUT2D eigenvalue weighted by Crippen LogP contribution is -2.12. The molecule has 0 atom stereocenters. The SMILES string of the molecule is Nc1cnc(NCC(F)F)cc1C(=O)O. The van der Waals surface area contributed by atoms with Crippen LogP contribution in [0.5, 0.6) is 0 Å². The van der Waals surface area contributed by atoms with E-state index < -0.39 is 18.9 Å². The number of hydrogen-bond donors (Lipinski definition) is 3. The summed E-state index contributed by atoms with van der Waals surface area (Å²) in [5.41, 5.74) is 5.15. The Balaban J connectivity index is 2.83. The molecule has 5 nitrogen and oxygen atoms in total. The zero-order chi connectivity index (χ0) is 11.4. The molecule has 1 rings (SSSR count). The van der Waals surface area contributed by atoms with Crippen molar-refractivity contribution in [3.8, 4) is 0 Å². The lowest BCUT2D eigenvalue weighted by Gasteiger charge is -2.06. The summed E-state index contributed by atoms with van der Waals surface area (Å²) in [7, 11) is 0. The molecule has 4 N–H and O–H groups in total. The van der Waals surface area contributed by atoms with E-state index in [9.17, 15) is 13.6 Å². The first-order valence-electron chi connectivity index (χ1n) is 4.01. The molecule has 7 heteroatoms. The number of anilines is 2. The number of carboxylic acids is 1. The van der Waals surface area contributed by atoms with Crippen molar-refractivity contribution in [3.05, 3.63) is 17.8 Å². The molecule has 0 amide bonds. The summed E-state index contributed by atoms with van der Waals surface area (Å²) in [6.07, 6.45) is -1.42. The molecule has 0 bridgehead atoms. The molecule has 0 saturated heterocycles. The third kappa shape index (κ3) is 3.04. The Morgan fingerprint density at radius 2 is 2.33 bits per heavy atom. The van der Waals surface area contributed by atoms with Crippen molar-refractivity contribution in [2.45, 2.75) is 6.43 Å². The van der Waals surface area contributed by atoms with Gasteiger partial charge in [-0.05, 0) is 6.07 Å². The minimum absolute atomic E-state index is 0.00917. The number of alkyl halides is 2. The maximum atomic E-state index is 11.8. The molecule has 0 radical (unpaired) electrons. The monoisotopic (exact) mass is 217 g/mol. The fourth-order valence-corrected chi connectivity index (χ4v) is 0.930. The number of rotatable bonds is 4. The molecular formula is C8H9F2N3O2. The maximum Gasteiger partial charge on any atom is 0.337 e. The number of aromatic carboxylic acids is 1. The quantitative estimate of drug-likeness (QED) is 0.701. The van der Waals surface area contributed by atoms with Gasteiger partial charge in [0.25, 0.3) is 6.43 Å². The van der Waals surface area contributed by atoms with Gasteiger partial charge in [0.2, 0.25) is 0 Å². The van der Waals surface area contributed by atoms with Crippen molar-refractivity contribution < 1.29 is 18.7 Å². The summed E-state index contributed by atoms with van der Waals surface area (Å²) in [5.74, 6) is -1.17. The Kier molecular flexibility index (Phi) is 3.37. The second-order valence-electron chi connectivity index (χ2n) is 2.73. The number of nitrogens with zero attached hydrogens (tertiary/aromatic N) is 1. The fraction of sp³-hybridized carbons (Fsp3) is 0.250. The van der Waals surface area contributed by atoms with Crippen LogP contribution in [0.15, 0.2) is 12.3 Å². The van der Waals surface area contributed by atoms with Crippen molar-refractivity contribution in [2.24, 2.45) is 0 Å². The molecular weight excluding hydrogens is 208 g/mol. The summed E-state index contributed by atoms with van der Waals surface area (Å²) >= 11 is 0. The number of aromatic nitrogens is 1. The molecule has 1 heterocycles. The van der Waals surface area contributed by atoms with E-state index in [1.807, 2.05) is 0 Å². The van der Waals surface area contributed by atoms with Crippen molar-refractivity contribution in [1.29, 1.82) is 0 Å². The molecule has 0 aliphatic carbocycles. The van der Waals surface area contributed by atoms with E-state index in [0.29, 0.717) is 0 Å². The standard InChI is InChI=1S/C8H9F2N3O2/c9-6(10)3-13-7-1-4(8(14)15)5(11)2-12-7/h1-2,6H,3,11H2,(H,12,13)(H,14,15). The Bertz CT molecular complexity index is 371. The van der Waals surface area contributed by atoms with Crippen LogP contribution in [-0.2, 0) is 0 Å². The Morgan fingerprint density at radius 3 is 2.87 bits per heavy atom. The van der Waals surface area contributed by atoms with Crippen LogP contribution in [0.2, 0.25) is 0 Å². The largest absolute Gasteiger partial charge is 0.478 e. The first kappa shape index (κ1) is 11.2. The average Bonchev–Trinajstić information content (AvgIpc) is 2.16. The van der Waals surface area contributed by atoms with E-state index in [-0.39, 0.29) is 17.1 Å². The topological polar surface area (TPSA) is 88.2 Å². The van der Waals surface area contributed by atoms with Gasteiger partial charge in [-0.25, -0.2) is 18.6 Å². The van der Waals surface area contributed by atoms with Crippen molar-refractivity contribution in [2.75, 3.05) is 17.6 Å². The van der Waals surface area contributed by atoms with Crippen LogP contribution in [0.25, 0.3) is 0 Å². The van der Waals surface area contributed by atoms with E-state index in [1.165, 1.54) is 0 Å². The van der Waals surface area contributed by atoms with Crippen molar-refractivity contribution >= 4 is 17.5 Å². The molecule has 0 spiro atoms. The van der Waals surface area contributed by atoms with Crippen LogP contribution in [0, 0.1) is 0 Å². The molecule has 0 fully saturated rings. The van der Waals surface area contributed by atoms with E-state index in [2.05, 4.69) is 10.3 Å². The van der Waals surface area contributed by atoms with E-state index in [4.69, 9.17) is 10.8 Å². The molecule has 0 unspecified atom stereocenters. The number of halogens is 2. The second kappa shape index (κ2) is 4.54.